The third kappa shape index (κ3) is 3.86. The number of nitrogens with one attached hydrogen (secondary N) is 1. The lowest BCUT2D eigenvalue weighted by atomic mass is 10.2. The summed E-state index contributed by atoms with van der Waals surface area (Å²) in [4.78, 5) is 42.4. The summed E-state index contributed by atoms with van der Waals surface area (Å²) in [6, 6.07) is 9.75. The van der Waals surface area contributed by atoms with E-state index < -0.39 is 5.97 Å². The van der Waals surface area contributed by atoms with Crippen molar-refractivity contribution in [3.8, 4) is 5.69 Å². The van der Waals surface area contributed by atoms with Crippen LogP contribution in [0.25, 0.3) is 26.9 Å². The number of benzene rings is 1. The van der Waals surface area contributed by atoms with Crippen LogP contribution in [0.3, 0.4) is 0 Å². The van der Waals surface area contributed by atoms with Gasteiger partial charge in [0.05, 0.1) is 34.5 Å². The lowest BCUT2D eigenvalue weighted by molar-refractivity contribution is 0.0531. The number of esters is 1. The molecule has 1 aromatic carbocycles. The average molecular weight is 493 g/mol. The maximum atomic E-state index is 12.9. The van der Waals surface area contributed by atoms with E-state index in [4.69, 9.17) is 4.74 Å². The van der Waals surface area contributed by atoms with Crippen molar-refractivity contribution in [3.05, 3.63) is 69.5 Å². The lowest BCUT2D eigenvalue weighted by Gasteiger charge is -2.10. The maximum absolute atomic E-state index is 12.9. The Labute approximate surface area is 202 Å². The summed E-state index contributed by atoms with van der Waals surface area (Å²) >= 11 is 2.63. The van der Waals surface area contributed by atoms with E-state index in [0.29, 0.717) is 32.1 Å². The van der Waals surface area contributed by atoms with E-state index >= 15 is 0 Å². The Kier molecular flexibility index (Phi) is 5.88. The predicted octanol–water partition coefficient (Wildman–Crippen LogP) is 4.45. The molecule has 0 aliphatic rings. The van der Waals surface area contributed by atoms with Crippen molar-refractivity contribution in [2.24, 2.45) is 0 Å². The summed E-state index contributed by atoms with van der Waals surface area (Å²) in [5, 5.41) is 6.23. The second kappa shape index (κ2) is 8.99. The van der Waals surface area contributed by atoms with Crippen LogP contribution in [0.4, 0.5) is 0 Å². The Morgan fingerprint density at radius 1 is 1.26 bits per heavy atom. The van der Waals surface area contributed by atoms with E-state index in [1.807, 2.05) is 37.3 Å². The topological polar surface area (TPSA) is 116 Å². The second-order valence-corrected chi connectivity index (χ2v) is 9.80. The molecule has 0 aliphatic carbocycles. The number of thiophene rings is 1. The first kappa shape index (κ1) is 22.2. The normalized spacial score (nSPS) is 12.3. The number of fused-ring (bicyclic) bond motifs is 2. The Morgan fingerprint density at radius 3 is 2.82 bits per heavy atom. The van der Waals surface area contributed by atoms with Gasteiger partial charge >= 0.3 is 5.97 Å². The molecule has 0 fully saturated rings. The highest BCUT2D eigenvalue weighted by Gasteiger charge is 2.22. The standard InChI is InChI=1S/C23H20N6O3S2/c1-4-32-23(31)17-12(2)16-20(30)27-18(28-22(16)34-17)13(3)33-21-15-10-26-29(19(15)24-11-25-21)14-8-6-5-7-9-14/h5-11,13H,4H2,1-3H3,(H,27,28,30). The van der Waals surface area contributed by atoms with Crippen LogP contribution < -0.4 is 5.56 Å². The number of rotatable bonds is 6. The summed E-state index contributed by atoms with van der Waals surface area (Å²) in [6.07, 6.45) is 3.25. The van der Waals surface area contributed by atoms with Gasteiger partial charge in [0.25, 0.3) is 5.56 Å². The van der Waals surface area contributed by atoms with Crippen molar-refractivity contribution in [2.45, 2.75) is 31.0 Å². The Bertz CT molecular complexity index is 1570. The third-order valence-corrected chi connectivity index (χ3v) is 7.57. The molecule has 4 heterocycles. The van der Waals surface area contributed by atoms with Gasteiger partial charge in [-0.1, -0.05) is 30.0 Å². The van der Waals surface area contributed by atoms with Gasteiger partial charge in [0.15, 0.2) is 5.65 Å². The van der Waals surface area contributed by atoms with E-state index in [0.717, 1.165) is 16.1 Å². The van der Waals surface area contributed by atoms with Crippen LogP contribution in [-0.4, -0.2) is 42.3 Å². The zero-order valence-electron chi connectivity index (χ0n) is 18.6. The molecule has 5 rings (SSSR count). The third-order valence-electron chi connectivity index (χ3n) is 5.28. The van der Waals surface area contributed by atoms with Crippen LogP contribution >= 0.6 is 23.1 Å². The summed E-state index contributed by atoms with van der Waals surface area (Å²) in [6.45, 7) is 5.69. The molecule has 0 aliphatic heterocycles. The minimum absolute atomic E-state index is 0.219. The zero-order valence-corrected chi connectivity index (χ0v) is 20.2. The van der Waals surface area contributed by atoms with Gasteiger partial charge in [0, 0.05) is 0 Å². The van der Waals surface area contributed by atoms with Gasteiger partial charge in [-0.05, 0) is 38.5 Å². The molecule has 0 bridgehead atoms. The highest BCUT2D eigenvalue weighted by Crippen LogP contribution is 2.36. The minimum Gasteiger partial charge on any atom is -0.462 e. The van der Waals surface area contributed by atoms with Crippen molar-refractivity contribution in [2.75, 3.05) is 6.61 Å². The predicted molar refractivity (Wildman–Crippen MR) is 132 cm³/mol. The monoisotopic (exact) mass is 492 g/mol. The molecule has 0 radical (unpaired) electrons. The highest BCUT2D eigenvalue weighted by atomic mass is 32.2. The van der Waals surface area contributed by atoms with Gasteiger partial charge in [-0.15, -0.1) is 11.3 Å². The molecule has 0 saturated carbocycles. The van der Waals surface area contributed by atoms with E-state index in [2.05, 4.69) is 25.0 Å². The molecule has 1 N–H and O–H groups in total. The molecular weight excluding hydrogens is 472 g/mol. The van der Waals surface area contributed by atoms with Gasteiger partial charge in [0.1, 0.15) is 26.9 Å². The molecule has 0 amide bonds. The van der Waals surface area contributed by atoms with Crippen LogP contribution in [-0.2, 0) is 4.74 Å². The molecule has 172 valence electrons. The van der Waals surface area contributed by atoms with E-state index in [1.165, 1.54) is 29.4 Å². The lowest BCUT2D eigenvalue weighted by Crippen LogP contribution is -2.13. The van der Waals surface area contributed by atoms with Crippen LogP contribution in [0.1, 0.15) is 40.2 Å². The largest absolute Gasteiger partial charge is 0.462 e. The fraction of sp³-hybridized carbons (Fsp3) is 0.217. The molecule has 5 aromatic rings. The van der Waals surface area contributed by atoms with Crippen molar-refractivity contribution in [3.63, 3.8) is 0 Å². The van der Waals surface area contributed by atoms with Gasteiger partial charge in [-0.25, -0.2) is 24.4 Å². The summed E-state index contributed by atoms with van der Waals surface area (Å²) < 4.78 is 6.88. The quantitative estimate of drug-likeness (QED) is 0.210. The zero-order chi connectivity index (χ0) is 23.8. The average Bonchev–Trinajstić information content (AvgIpc) is 3.42. The molecule has 34 heavy (non-hydrogen) atoms. The molecule has 4 aromatic heterocycles. The van der Waals surface area contributed by atoms with Crippen molar-refractivity contribution >= 4 is 50.3 Å². The van der Waals surface area contributed by atoms with Crippen LogP contribution in [0.2, 0.25) is 0 Å². The SMILES string of the molecule is CCOC(=O)c1sc2nc(C(C)Sc3ncnc4c3cnn4-c3ccccc3)[nH]c(=O)c2c1C. The number of para-hydroxylation sites is 1. The number of aromatic nitrogens is 6. The Balaban J connectivity index is 1.49. The number of aryl methyl sites for hydroxylation is 1. The van der Waals surface area contributed by atoms with Crippen LogP contribution in [0.5, 0.6) is 0 Å². The minimum atomic E-state index is -0.440. The van der Waals surface area contributed by atoms with E-state index in [-0.39, 0.29) is 17.4 Å². The number of carbonyl (C=O) groups is 1. The van der Waals surface area contributed by atoms with Gasteiger partial charge < -0.3 is 9.72 Å². The molecule has 1 atom stereocenters. The Hall–Kier alpha value is -3.57. The van der Waals surface area contributed by atoms with Gasteiger partial charge in [-0.2, -0.15) is 5.10 Å². The number of nitrogens with zero attached hydrogens (tertiary/aromatic N) is 5. The summed E-state index contributed by atoms with van der Waals surface area (Å²) in [7, 11) is 0. The number of ether oxygens (including phenoxy) is 1. The molecule has 9 nitrogen and oxygen atoms in total. The number of thioether (sulfide) groups is 1. The van der Waals surface area contributed by atoms with Crippen LogP contribution in [0, 0.1) is 6.92 Å². The van der Waals surface area contributed by atoms with Crippen LogP contribution in [0.15, 0.2) is 52.7 Å². The van der Waals surface area contributed by atoms with Crippen molar-refractivity contribution < 1.29 is 9.53 Å². The molecule has 0 saturated heterocycles. The highest BCUT2D eigenvalue weighted by molar-refractivity contribution is 7.99. The number of carbonyl (C=O) groups excluding carboxylic acids is 1. The maximum Gasteiger partial charge on any atom is 0.348 e. The number of H-pyrrole nitrogens is 1. The van der Waals surface area contributed by atoms with Gasteiger partial charge in [0.2, 0.25) is 0 Å². The fourth-order valence-electron chi connectivity index (χ4n) is 3.64. The Morgan fingerprint density at radius 2 is 2.06 bits per heavy atom. The van der Waals surface area contributed by atoms with E-state index in [1.54, 1.807) is 24.7 Å². The molecular formula is C23H20N6O3S2. The smallest absolute Gasteiger partial charge is 0.348 e. The van der Waals surface area contributed by atoms with Gasteiger partial charge in [-0.3, -0.25) is 4.79 Å². The van der Waals surface area contributed by atoms with Crippen molar-refractivity contribution in [1.82, 2.24) is 29.7 Å². The van der Waals surface area contributed by atoms with E-state index in [9.17, 15) is 9.59 Å². The summed E-state index contributed by atoms with van der Waals surface area (Å²) in [5.41, 5.74) is 1.91. The molecule has 0 spiro atoms. The first-order chi connectivity index (χ1) is 16.5. The first-order valence-electron chi connectivity index (χ1n) is 10.6. The molecule has 1 unspecified atom stereocenters. The second-order valence-electron chi connectivity index (χ2n) is 7.48. The number of hydrogen-bond donors (Lipinski definition) is 1. The number of aromatic amines is 1. The summed E-state index contributed by atoms with van der Waals surface area (Å²) in [5.74, 6) is 0.0616. The number of hydrogen-bond acceptors (Lipinski definition) is 9. The molecule has 11 heteroatoms. The van der Waals surface area contributed by atoms with Crippen molar-refractivity contribution in [1.29, 1.82) is 0 Å². The fourth-order valence-corrected chi connectivity index (χ4v) is 5.66. The first-order valence-corrected chi connectivity index (χ1v) is 12.3.